The molecule has 0 aliphatic rings. The molecule has 2 N–H and O–H groups in total. The second-order valence-electron chi connectivity index (χ2n) is 5.69. The molecule has 3 nitrogen and oxygen atoms in total. The van der Waals surface area contributed by atoms with Crippen LogP contribution in [0.1, 0.15) is 70.3 Å². The molecular weight excluding hydrogens is 264 g/mol. The molecule has 120 valence electrons. The van der Waals surface area contributed by atoms with Crippen molar-refractivity contribution >= 4 is 0 Å². The summed E-state index contributed by atoms with van der Waals surface area (Å²) in [5.41, 5.74) is 0.723. The maximum Gasteiger partial charge on any atom is 0.164 e. The Morgan fingerprint density at radius 2 is 1.43 bits per heavy atom. The fourth-order valence-electron chi connectivity index (χ4n) is 2.65. The van der Waals surface area contributed by atoms with E-state index in [1.807, 2.05) is 0 Å². The largest absolute Gasteiger partial charge is 0.504 e. The third-order valence-corrected chi connectivity index (χ3v) is 3.97. The number of phenolic OH excluding ortho intramolecular Hbond substituents is 2. The molecule has 0 heterocycles. The summed E-state index contributed by atoms with van der Waals surface area (Å²) in [5, 5.41) is 19.5. The van der Waals surface area contributed by atoms with Crippen LogP contribution >= 0.6 is 0 Å². The smallest absolute Gasteiger partial charge is 0.164 e. The van der Waals surface area contributed by atoms with Crippen LogP contribution in [0.2, 0.25) is 0 Å². The first-order chi connectivity index (χ1) is 10.2. The molecule has 0 atom stereocenters. The minimum Gasteiger partial charge on any atom is -0.504 e. The second-order valence-corrected chi connectivity index (χ2v) is 5.69. The Labute approximate surface area is 129 Å². The molecule has 1 aromatic rings. The fraction of sp³-hybridized carbons (Fsp3) is 0.667. The van der Waals surface area contributed by atoms with E-state index in [1.165, 1.54) is 51.0 Å². The first kappa shape index (κ1) is 17.7. The van der Waals surface area contributed by atoms with Gasteiger partial charge in [0.1, 0.15) is 5.75 Å². The van der Waals surface area contributed by atoms with Crippen molar-refractivity contribution < 1.29 is 14.9 Å². The lowest BCUT2D eigenvalue weighted by Gasteiger charge is -2.11. The highest BCUT2D eigenvalue weighted by Crippen LogP contribution is 2.36. The summed E-state index contributed by atoms with van der Waals surface area (Å²) >= 11 is 0. The average molecular weight is 294 g/mol. The van der Waals surface area contributed by atoms with E-state index >= 15 is 0 Å². The molecule has 0 amide bonds. The van der Waals surface area contributed by atoms with Crippen molar-refractivity contribution in [2.24, 2.45) is 0 Å². The average Bonchev–Trinajstić information content (AvgIpc) is 2.49. The fourth-order valence-corrected chi connectivity index (χ4v) is 2.65. The minimum absolute atomic E-state index is 0.0334. The second kappa shape index (κ2) is 10.4. The molecule has 0 fully saturated rings. The number of ether oxygens (including phenoxy) is 1. The van der Waals surface area contributed by atoms with Crippen LogP contribution in [-0.2, 0) is 6.42 Å². The highest BCUT2D eigenvalue weighted by Gasteiger charge is 2.12. The molecule has 0 aromatic heterocycles. The Morgan fingerprint density at radius 1 is 0.857 bits per heavy atom. The Hall–Kier alpha value is -1.38. The maximum absolute atomic E-state index is 9.90. The van der Waals surface area contributed by atoms with E-state index in [4.69, 9.17) is 4.74 Å². The van der Waals surface area contributed by atoms with E-state index in [0.717, 1.165) is 24.8 Å². The van der Waals surface area contributed by atoms with Crippen LogP contribution in [0.5, 0.6) is 17.2 Å². The number of methoxy groups -OCH3 is 1. The van der Waals surface area contributed by atoms with E-state index in [-0.39, 0.29) is 11.5 Å². The van der Waals surface area contributed by atoms with Gasteiger partial charge >= 0.3 is 0 Å². The Kier molecular flexibility index (Phi) is 8.72. The van der Waals surface area contributed by atoms with Gasteiger partial charge in [0, 0.05) is 5.56 Å². The van der Waals surface area contributed by atoms with Crippen molar-refractivity contribution in [1.29, 1.82) is 0 Å². The molecule has 1 aromatic carbocycles. The number of hydrogen-bond acceptors (Lipinski definition) is 3. The SMILES string of the molecule is CCCCCCCCCCCc1c(OC)ccc(O)c1O. The van der Waals surface area contributed by atoms with Gasteiger partial charge in [-0.05, 0) is 25.0 Å². The molecule has 3 heteroatoms. The van der Waals surface area contributed by atoms with Crippen molar-refractivity contribution in [2.75, 3.05) is 7.11 Å². The van der Waals surface area contributed by atoms with E-state index in [1.54, 1.807) is 13.2 Å². The van der Waals surface area contributed by atoms with Crippen LogP contribution in [0.15, 0.2) is 12.1 Å². The summed E-state index contributed by atoms with van der Waals surface area (Å²) in [6.07, 6.45) is 12.2. The summed E-state index contributed by atoms with van der Waals surface area (Å²) in [4.78, 5) is 0. The third-order valence-electron chi connectivity index (χ3n) is 3.97. The highest BCUT2D eigenvalue weighted by atomic mass is 16.5. The molecular formula is C18H30O3. The van der Waals surface area contributed by atoms with Gasteiger partial charge in [-0.3, -0.25) is 0 Å². The van der Waals surface area contributed by atoms with Crippen LogP contribution in [0, 0.1) is 0 Å². The number of rotatable bonds is 11. The first-order valence-electron chi connectivity index (χ1n) is 8.28. The van der Waals surface area contributed by atoms with Crippen LogP contribution in [0.4, 0.5) is 0 Å². The zero-order valence-electron chi connectivity index (χ0n) is 13.5. The molecule has 0 saturated carbocycles. The summed E-state index contributed by atoms with van der Waals surface area (Å²) in [6.45, 7) is 2.24. The van der Waals surface area contributed by atoms with Crippen molar-refractivity contribution in [3.63, 3.8) is 0 Å². The molecule has 0 unspecified atom stereocenters. The lowest BCUT2D eigenvalue weighted by atomic mass is 10.0. The van der Waals surface area contributed by atoms with Gasteiger partial charge in [-0.25, -0.2) is 0 Å². The lowest BCUT2D eigenvalue weighted by Crippen LogP contribution is -1.94. The van der Waals surface area contributed by atoms with E-state index < -0.39 is 0 Å². The monoisotopic (exact) mass is 294 g/mol. The number of unbranched alkanes of at least 4 members (excludes halogenated alkanes) is 8. The number of benzene rings is 1. The molecule has 0 spiro atoms. The third kappa shape index (κ3) is 6.28. The predicted molar refractivity (Wildman–Crippen MR) is 87.3 cm³/mol. The van der Waals surface area contributed by atoms with E-state index in [2.05, 4.69) is 6.92 Å². The van der Waals surface area contributed by atoms with Crippen LogP contribution in [-0.4, -0.2) is 17.3 Å². The maximum atomic E-state index is 9.90. The minimum atomic E-state index is -0.0678. The Morgan fingerprint density at radius 3 is 2.00 bits per heavy atom. The lowest BCUT2D eigenvalue weighted by molar-refractivity contribution is 0.376. The van der Waals surface area contributed by atoms with Gasteiger partial charge in [-0.2, -0.15) is 0 Å². The van der Waals surface area contributed by atoms with Crippen LogP contribution in [0.25, 0.3) is 0 Å². The van der Waals surface area contributed by atoms with Gasteiger partial charge < -0.3 is 14.9 Å². The molecule has 21 heavy (non-hydrogen) atoms. The standard InChI is InChI=1S/C18H30O3/c1-3-4-5-6-7-8-9-10-11-12-15-17(21-2)14-13-16(19)18(15)20/h13-14,19-20H,3-12H2,1-2H3. The Bertz CT molecular complexity index is 402. The number of hydrogen-bond donors (Lipinski definition) is 2. The van der Waals surface area contributed by atoms with Gasteiger partial charge in [0.05, 0.1) is 7.11 Å². The normalized spacial score (nSPS) is 10.8. The molecule has 0 radical (unpaired) electrons. The van der Waals surface area contributed by atoms with Crippen LogP contribution in [0.3, 0.4) is 0 Å². The van der Waals surface area contributed by atoms with Gasteiger partial charge in [0.25, 0.3) is 0 Å². The van der Waals surface area contributed by atoms with Crippen molar-refractivity contribution in [1.82, 2.24) is 0 Å². The number of phenols is 2. The first-order valence-corrected chi connectivity index (χ1v) is 8.28. The summed E-state index contributed by atoms with van der Waals surface area (Å²) in [5.74, 6) is 0.556. The van der Waals surface area contributed by atoms with Gasteiger partial charge in [-0.1, -0.05) is 58.3 Å². The molecule has 0 aliphatic heterocycles. The van der Waals surface area contributed by atoms with E-state index in [0.29, 0.717) is 5.75 Å². The molecule has 1 rings (SSSR count). The number of aromatic hydroxyl groups is 2. The summed E-state index contributed by atoms with van der Waals surface area (Å²) in [7, 11) is 1.59. The summed E-state index contributed by atoms with van der Waals surface area (Å²) < 4.78 is 5.24. The molecule has 0 saturated heterocycles. The summed E-state index contributed by atoms with van der Waals surface area (Å²) in [6, 6.07) is 3.17. The topological polar surface area (TPSA) is 49.7 Å². The van der Waals surface area contributed by atoms with Gasteiger partial charge in [0.2, 0.25) is 0 Å². The highest BCUT2D eigenvalue weighted by molar-refractivity contribution is 5.52. The van der Waals surface area contributed by atoms with Gasteiger partial charge in [-0.15, -0.1) is 0 Å². The zero-order valence-corrected chi connectivity index (χ0v) is 13.5. The molecule has 0 bridgehead atoms. The zero-order chi connectivity index (χ0) is 15.5. The predicted octanol–water partition coefficient (Wildman–Crippen LogP) is 5.18. The quantitative estimate of drug-likeness (QED) is 0.437. The van der Waals surface area contributed by atoms with Gasteiger partial charge in [0.15, 0.2) is 11.5 Å². The van der Waals surface area contributed by atoms with Crippen molar-refractivity contribution in [3.05, 3.63) is 17.7 Å². The van der Waals surface area contributed by atoms with Crippen molar-refractivity contribution in [3.8, 4) is 17.2 Å². The molecule has 0 aliphatic carbocycles. The van der Waals surface area contributed by atoms with E-state index in [9.17, 15) is 10.2 Å². The van der Waals surface area contributed by atoms with Crippen LogP contribution < -0.4 is 4.74 Å². The van der Waals surface area contributed by atoms with Crippen molar-refractivity contribution in [2.45, 2.75) is 71.1 Å². The Balaban J connectivity index is 2.22.